The van der Waals surface area contributed by atoms with Crippen LogP contribution < -0.4 is 5.32 Å². The fraction of sp³-hybridized carbons (Fsp3) is 0.417. The molecule has 0 saturated carbocycles. The first kappa shape index (κ1) is 12.3. The Morgan fingerprint density at radius 3 is 2.89 bits per heavy atom. The van der Waals surface area contributed by atoms with Crippen molar-refractivity contribution in [1.29, 1.82) is 0 Å². The van der Waals surface area contributed by atoms with Crippen molar-refractivity contribution in [3.8, 4) is 0 Å². The molecule has 2 rings (SSSR count). The Morgan fingerprint density at radius 1 is 1.39 bits per heavy atom. The van der Waals surface area contributed by atoms with E-state index in [2.05, 4.69) is 10.3 Å². The molecule has 0 spiro atoms. The van der Waals surface area contributed by atoms with Crippen LogP contribution in [0.5, 0.6) is 0 Å². The van der Waals surface area contributed by atoms with E-state index in [0.717, 1.165) is 12.8 Å². The van der Waals surface area contributed by atoms with E-state index < -0.39 is 18.0 Å². The normalized spacial score (nSPS) is 19.3. The third kappa shape index (κ3) is 2.77. The predicted octanol–water partition coefficient (Wildman–Crippen LogP) is 1.55. The quantitative estimate of drug-likeness (QED) is 0.833. The zero-order chi connectivity index (χ0) is 13.0. The molecule has 6 nitrogen and oxygen atoms in total. The number of carboxylic acid groups (broad SMARTS) is 1. The van der Waals surface area contributed by atoms with Gasteiger partial charge in [0.15, 0.2) is 0 Å². The molecule has 1 aliphatic rings. The third-order valence-electron chi connectivity index (χ3n) is 2.95. The number of urea groups is 1. The summed E-state index contributed by atoms with van der Waals surface area (Å²) in [5.41, 5.74) is 0. The maximum absolute atomic E-state index is 12.0. The lowest BCUT2D eigenvalue weighted by Gasteiger charge is -2.32. The molecule has 2 amide bonds. The van der Waals surface area contributed by atoms with Crippen molar-refractivity contribution in [3.05, 3.63) is 24.4 Å². The second-order valence-electron chi connectivity index (χ2n) is 4.19. The minimum Gasteiger partial charge on any atom is -0.480 e. The molecule has 96 valence electrons. The van der Waals surface area contributed by atoms with Gasteiger partial charge in [-0.05, 0) is 31.4 Å². The summed E-state index contributed by atoms with van der Waals surface area (Å²) in [5.74, 6) is -0.525. The van der Waals surface area contributed by atoms with Crippen LogP contribution in [0.25, 0.3) is 0 Å². The Bertz CT molecular complexity index is 435. The van der Waals surface area contributed by atoms with Crippen LogP contribution in [0.2, 0.25) is 0 Å². The van der Waals surface area contributed by atoms with Gasteiger partial charge in [0, 0.05) is 12.7 Å². The van der Waals surface area contributed by atoms with Crippen molar-refractivity contribution in [2.75, 3.05) is 11.9 Å². The number of carbonyl (C=O) groups is 2. The van der Waals surface area contributed by atoms with Gasteiger partial charge in [0.05, 0.1) is 0 Å². The van der Waals surface area contributed by atoms with Crippen molar-refractivity contribution in [3.63, 3.8) is 0 Å². The molecule has 6 heteroatoms. The van der Waals surface area contributed by atoms with E-state index in [1.807, 2.05) is 0 Å². The number of anilines is 1. The zero-order valence-corrected chi connectivity index (χ0v) is 9.87. The average molecular weight is 249 g/mol. The summed E-state index contributed by atoms with van der Waals surface area (Å²) in [6, 6.07) is 4.03. The molecular formula is C12H15N3O3. The highest BCUT2D eigenvalue weighted by atomic mass is 16.4. The van der Waals surface area contributed by atoms with E-state index >= 15 is 0 Å². The highest BCUT2D eigenvalue weighted by molar-refractivity contribution is 5.91. The van der Waals surface area contributed by atoms with Crippen LogP contribution in [0.4, 0.5) is 10.6 Å². The number of rotatable bonds is 2. The van der Waals surface area contributed by atoms with Crippen molar-refractivity contribution in [2.45, 2.75) is 25.3 Å². The maximum Gasteiger partial charge on any atom is 0.326 e. The molecule has 18 heavy (non-hydrogen) atoms. The zero-order valence-electron chi connectivity index (χ0n) is 9.87. The van der Waals surface area contributed by atoms with Crippen molar-refractivity contribution in [1.82, 2.24) is 9.88 Å². The van der Waals surface area contributed by atoms with E-state index in [0.29, 0.717) is 18.8 Å². The summed E-state index contributed by atoms with van der Waals surface area (Å²) >= 11 is 0. The van der Waals surface area contributed by atoms with Crippen molar-refractivity contribution in [2.24, 2.45) is 0 Å². The number of hydrogen-bond acceptors (Lipinski definition) is 3. The number of nitrogens with one attached hydrogen (secondary N) is 1. The molecule has 1 unspecified atom stereocenters. The van der Waals surface area contributed by atoms with Crippen LogP contribution in [0.1, 0.15) is 19.3 Å². The van der Waals surface area contributed by atoms with Gasteiger partial charge >= 0.3 is 12.0 Å². The van der Waals surface area contributed by atoms with Gasteiger partial charge in [-0.2, -0.15) is 0 Å². The second kappa shape index (κ2) is 5.48. The van der Waals surface area contributed by atoms with Crippen molar-refractivity contribution < 1.29 is 14.7 Å². The number of nitrogens with zero attached hydrogens (tertiary/aromatic N) is 2. The fourth-order valence-corrected chi connectivity index (χ4v) is 2.05. The van der Waals surface area contributed by atoms with E-state index in [9.17, 15) is 9.59 Å². The minimum absolute atomic E-state index is 0.402. The van der Waals surface area contributed by atoms with Gasteiger partial charge in [-0.25, -0.2) is 14.6 Å². The summed E-state index contributed by atoms with van der Waals surface area (Å²) in [6.07, 6.45) is 3.75. The first-order valence-corrected chi connectivity index (χ1v) is 5.90. The molecule has 0 aliphatic carbocycles. The molecule has 0 aromatic carbocycles. The van der Waals surface area contributed by atoms with Crippen LogP contribution in [-0.4, -0.2) is 39.6 Å². The summed E-state index contributed by atoms with van der Waals surface area (Å²) < 4.78 is 0. The predicted molar refractivity (Wildman–Crippen MR) is 65.2 cm³/mol. The van der Waals surface area contributed by atoms with Crippen LogP contribution in [0, 0.1) is 0 Å². The standard InChI is InChI=1S/C12H15N3O3/c16-11(17)9-5-2-4-8-15(9)12(18)14-10-6-1-3-7-13-10/h1,3,6-7,9H,2,4-5,8H2,(H,16,17)(H,13,14,18). The third-order valence-corrected chi connectivity index (χ3v) is 2.95. The summed E-state index contributed by atoms with van der Waals surface area (Å²) in [4.78, 5) is 28.4. The van der Waals surface area contributed by atoms with Gasteiger partial charge < -0.3 is 10.0 Å². The number of likely N-dealkylation sites (tertiary alicyclic amines) is 1. The monoisotopic (exact) mass is 249 g/mol. The van der Waals surface area contributed by atoms with Gasteiger partial charge in [0.25, 0.3) is 0 Å². The molecule has 1 aromatic rings. The molecular weight excluding hydrogens is 234 g/mol. The van der Waals surface area contributed by atoms with Gasteiger partial charge in [-0.15, -0.1) is 0 Å². The van der Waals surface area contributed by atoms with Crippen molar-refractivity contribution >= 4 is 17.8 Å². The van der Waals surface area contributed by atoms with Crippen LogP contribution >= 0.6 is 0 Å². The molecule has 0 bridgehead atoms. The minimum atomic E-state index is -0.953. The number of piperidine rings is 1. The van der Waals surface area contributed by atoms with Gasteiger partial charge in [0.2, 0.25) is 0 Å². The molecule has 1 saturated heterocycles. The molecule has 1 atom stereocenters. The lowest BCUT2D eigenvalue weighted by molar-refractivity contribution is -0.143. The Kier molecular flexibility index (Phi) is 3.76. The van der Waals surface area contributed by atoms with Gasteiger partial charge in [-0.3, -0.25) is 5.32 Å². The number of pyridine rings is 1. The maximum atomic E-state index is 12.0. The van der Waals surface area contributed by atoms with Gasteiger partial charge in [-0.1, -0.05) is 6.07 Å². The highest BCUT2D eigenvalue weighted by Gasteiger charge is 2.31. The van der Waals surface area contributed by atoms with E-state index in [-0.39, 0.29) is 0 Å². The Morgan fingerprint density at radius 2 is 2.22 bits per heavy atom. The van der Waals surface area contributed by atoms with E-state index in [1.54, 1.807) is 24.4 Å². The van der Waals surface area contributed by atoms with Crippen LogP contribution in [0.15, 0.2) is 24.4 Å². The summed E-state index contributed by atoms with van der Waals surface area (Å²) in [6.45, 7) is 0.468. The first-order valence-electron chi connectivity index (χ1n) is 5.90. The topological polar surface area (TPSA) is 82.5 Å². The van der Waals surface area contributed by atoms with Gasteiger partial charge in [0.1, 0.15) is 11.9 Å². The number of hydrogen-bond donors (Lipinski definition) is 2. The fourth-order valence-electron chi connectivity index (χ4n) is 2.05. The van der Waals surface area contributed by atoms with E-state index in [1.165, 1.54) is 4.90 Å². The van der Waals surface area contributed by atoms with Crippen LogP contribution in [-0.2, 0) is 4.79 Å². The lowest BCUT2D eigenvalue weighted by atomic mass is 10.0. The van der Waals surface area contributed by atoms with Crippen LogP contribution in [0.3, 0.4) is 0 Å². The molecule has 2 N–H and O–H groups in total. The largest absolute Gasteiger partial charge is 0.480 e. The Balaban J connectivity index is 2.05. The smallest absolute Gasteiger partial charge is 0.326 e. The highest BCUT2D eigenvalue weighted by Crippen LogP contribution is 2.18. The summed E-state index contributed by atoms with van der Waals surface area (Å²) in [5, 5.41) is 11.7. The SMILES string of the molecule is O=C(O)C1CCCCN1C(=O)Nc1ccccn1. The Hall–Kier alpha value is -2.11. The molecule has 1 fully saturated rings. The molecule has 1 aromatic heterocycles. The Labute approximate surface area is 105 Å². The molecule has 1 aliphatic heterocycles. The molecule has 2 heterocycles. The second-order valence-corrected chi connectivity index (χ2v) is 4.19. The lowest BCUT2D eigenvalue weighted by Crippen LogP contribution is -2.49. The molecule has 0 radical (unpaired) electrons. The summed E-state index contributed by atoms with van der Waals surface area (Å²) in [7, 11) is 0. The van der Waals surface area contributed by atoms with E-state index in [4.69, 9.17) is 5.11 Å². The number of amides is 2. The number of aliphatic carboxylic acids is 1. The number of aromatic nitrogens is 1. The number of carboxylic acids is 1. The average Bonchev–Trinajstić information content (AvgIpc) is 2.40. The number of carbonyl (C=O) groups excluding carboxylic acids is 1. The first-order chi connectivity index (χ1) is 8.68.